The summed E-state index contributed by atoms with van der Waals surface area (Å²) in [5, 5.41) is -0.143. The highest BCUT2D eigenvalue weighted by Gasteiger charge is 2.54. The van der Waals surface area contributed by atoms with Crippen molar-refractivity contribution in [3.8, 4) is 0 Å². The van der Waals surface area contributed by atoms with Gasteiger partial charge in [0.25, 0.3) is 0 Å². The average Bonchev–Trinajstić information content (AvgIpc) is 2.52. The highest BCUT2D eigenvalue weighted by molar-refractivity contribution is 7.89. The Kier molecular flexibility index (Phi) is 4.60. The van der Waals surface area contributed by atoms with Gasteiger partial charge < -0.3 is 0 Å². The van der Waals surface area contributed by atoms with Gasteiger partial charge in [-0.15, -0.1) is 0 Å². The number of hydrogen-bond donors (Lipinski definition) is 1. The van der Waals surface area contributed by atoms with Crippen molar-refractivity contribution in [2.24, 2.45) is 23.2 Å². The molecule has 1 aromatic carbocycles. The number of alkyl halides is 3. The second-order valence-electron chi connectivity index (χ2n) is 8.76. The maximum absolute atomic E-state index is 13.4. The molecule has 1 unspecified atom stereocenters. The van der Waals surface area contributed by atoms with Gasteiger partial charge in [-0.05, 0) is 86.8 Å². The topological polar surface area (TPSA) is 46.2 Å². The van der Waals surface area contributed by atoms with E-state index in [0.717, 1.165) is 25.3 Å². The van der Waals surface area contributed by atoms with Crippen LogP contribution in [0, 0.1) is 23.2 Å². The van der Waals surface area contributed by atoms with Crippen molar-refractivity contribution >= 4 is 21.6 Å². The molecule has 0 aromatic heterocycles. The summed E-state index contributed by atoms with van der Waals surface area (Å²) in [6, 6.07) is 2.40. The molecule has 1 aromatic rings. The summed E-state index contributed by atoms with van der Waals surface area (Å²) >= 11 is 5.67. The van der Waals surface area contributed by atoms with Crippen LogP contribution < -0.4 is 4.72 Å². The fourth-order valence-electron chi connectivity index (χ4n) is 6.09. The maximum atomic E-state index is 13.4. The van der Waals surface area contributed by atoms with Crippen LogP contribution in [0.1, 0.15) is 51.0 Å². The minimum atomic E-state index is -4.79. The molecule has 150 valence electrons. The fraction of sp³-hybridized carbons (Fsp3) is 0.684. The van der Waals surface area contributed by atoms with Crippen molar-refractivity contribution in [3.63, 3.8) is 0 Å². The van der Waals surface area contributed by atoms with Gasteiger partial charge in [-0.1, -0.05) is 11.6 Å². The summed E-state index contributed by atoms with van der Waals surface area (Å²) in [5.41, 5.74) is -1.35. The second kappa shape index (κ2) is 6.36. The number of halogens is 4. The first-order valence-electron chi connectivity index (χ1n) is 9.38. The van der Waals surface area contributed by atoms with Gasteiger partial charge >= 0.3 is 6.18 Å². The molecule has 8 heteroatoms. The Balaban J connectivity index is 1.63. The lowest BCUT2D eigenvalue weighted by Crippen LogP contribution is -2.55. The lowest BCUT2D eigenvalue weighted by molar-refractivity contribution is -0.139. The monoisotopic (exact) mass is 421 g/mol. The standard InChI is InChI=1S/C19H23ClF3NO2S/c1-11(18-8-12-4-13(9-18)6-14(5-12)10-18)24-27(25,26)17-3-2-15(20)7-16(17)19(21,22)23/h2-3,7,11-14,24H,4-6,8-10H2,1H3. The van der Waals surface area contributed by atoms with E-state index in [0.29, 0.717) is 23.8 Å². The van der Waals surface area contributed by atoms with Crippen molar-refractivity contribution in [1.29, 1.82) is 0 Å². The first-order valence-corrected chi connectivity index (χ1v) is 11.2. The quantitative estimate of drug-likeness (QED) is 0.722. The zero-order valence-electron chi connectivity index (χ0n) is 15.0. The van der Waals surface area contributed by atoms with E-state index in [-0.39, 0.29) is 10.4 Å². The first-order chi connectivity index (χ1) is 12.5. The highest BCUT2D eigenvalue weighted by atomic mass is 35.5. The molecule has 4 fully saturated rings. The van der Waals surface area contributed by atoms with Crippen LogP contribution in [-0.2, 0) is 16.2 Å². The van der Waals surface area contributed by atoms with Crippen LogP contribution >= 0.6 is 11.6 Å². The normalized spacial score (nSPS) is 34.0. The van der Waals surface area contributed by atoms with Crippen molar-refractivity contribution < 1.29 is 21.6 Å². The Morgan fingerprint density at radius 3 is 2.11 bits per heavy atom. The van der Waals surface area contributed by atoms with Gasteiger partial charge in [0, 0.05) is 11.1 Å². The Morgan fingerprint density at radius 2 is 1.63 bits per heavy atom. The van der Waals surface area contributed by atoms with Gasteiger partial charge in [-0.2, -0.15) is 13.2 Å². The first kappa shape index (κ1) is 19.5. The average molecular weight is 422 g/mol. The number of nitrogens with one attached hydrogen (secondary N) is 1. The smallest absolute Gasteiger partial charge is 0.208 e. The Hall–Kier alpha value is -0.790. The fourth-order valence-corrected chi connectivity index (χ4v) is 7.81. The van der Waals surface area contributed by atoms with Crippen LogP contribution in [0.15, 0.2) is 23.1 Å². The predicted octanol–water partition coefficient (Wildman–Crippen LogP) is 5.24. The van der Waals surface area contributed by atoms with Crippen molar-refractivity contribution in [1.82, 2.24) is 4.72 Å². The zero-order valence-corrected chi connectivity index (χ0v) is 16.6. The molecule has 0 amide bonds. The Labute approximate surface area is 162 Å². The van der Waals surface area contributed by atoms with Crippen LogP contribution in [-0.4, -0.2) is 14.5 Å². The molecule has 4 aliphatic carbocycles. The van der Waals surface area contributed by atoms with Crippen molar-refractivity contribution in [2.45, 2.75) is 62.6 Å². The lowest BCUT2D eigenvalue weighted by atomic mass is 9.48. The van der Waals surface area contributed by atoms with Gasteiger partial charge in [0.05, 0.1) is 10.5 Å². The summed E-state index contributed by atoms with van der Waals surface area (Å²) in [7, 11) is -4.31. The summed E-state index contributed by atoms with van der Waals surface area (Å²) in [6.45, 7) is 1.81. The van der Waals surface area contributed by atoms with E-state index in [1.165, 1.54) is 25.3 Å². The molecule has 4 saturated carbocycles. The maximum Gasteiger partial charge on any atom is 0.417 e. The largest absolute Gasteiger partial charge is 0.417 e. The molecule has 1 atom stereocenters. The van der Waals surface area contributed by atoms with Gasteiger partial charge in [-0.3, -0.25) is 0 Å². The predicted molar refractivity (Wildman–Crippen MR) is 96.8 cm³/mol. The van der Waals surface area contributed by atoms with E-state index >= 15 is 0 Å². The van der Waals surface area contributed by atoms with E-state index < -0.39 is 32.7 Å². The van der Waals surface area contributed by atoms with E-state index in [4.69, 9.17) is 11.6 Å². The third-order valence-corrected chi connectivity index (χ3v) is 8.71. The van der Waals surface area contributed by atoms with Crippen LogP contribution in [0.5, 0.6) is 0 Å². The molecule has 3 nitrogen and oxygen atoms in total. The van der Waals surface area contributed by atoms with Crippen LogP contribution in [0.3, 0.4) is 0 Å². The molecule has 4 aliphatic rings. The molecule has 1 N–H and O–H groups in total. The second-order valence-corrected chi connectivity index (χ2v) is 10.9. The number of benzene rings is 1. The van der Waals surface area contributed by atoms with Crippen LogP contribution in [0.25, 0.3) is 0 Å². The van der Waals surface area contributed by atoms with Crippen molar-refractivity contribution in [2.75, 3.05) is 0 Å². The number of hydrogen-bond acceptors (Lipinski definition) is 2. The summed E-state index contributed by atoms with van der Waals surface area (Å²) < 4.78 is 68.4. The molecule has 27 heavy (non-hydrogen) atoms. The molecule has 0 saturated heterocycles. The third kappa shape index (κ3) is 3.51. The van der Waals surface area contributed by atoms with E-state index in [1.807, 2.05) is 6.92 Å². The zero-order chi connectivity index (χ0) is 19.6. The molecule has 0 aliphatic heterocycles. The molecule has 0 spiro atoms. The van der Waals surface area contributed by atoms with E-state index in [1.54, 1.807) is 0 Å². The van der Waals surface area contributed by atoms with Gasteiger partial charge in [0.2, 0.25) is 10.0 Å². The Morgan fingerprint density at radius 1 is 1.11 bits per heavy atom. The van der Waals surface area contributed by atoms with Gasteiger partial charge in [0.15, 0.2) is 0 Å². The number of sulfonamides is 1. The lowest BCUT2D eigenvalue weighted by Gasteiger charge is -2.59. The van der Waals surface area contributed by atoms with Gasteiger partial charge in [-0.25, -0.2) is 13.1 Å². The van der Waals surface area contributed by atoms with E-state index in [9.17, 15) is 21.6 Å². The Bertz CT molecular complexity index is 818. The minimum Gasteiger partial charge on any atom is -0.208 e. The van der Waals surface area contributed by atoms with Crippen molar-refractivity contribution in [3.05, 3.63) is 28.8 Å². The third-order valence-electron chi connectivity index (χ3n) is 6.87. The molecular weight excluding hydrogens is 399 g/mol. The molecule has 4 bridgehead atoms. The molecule has 0 heterocycles. The molecule has 0 radical (unpaired) electrons. The number of rotatable bonds is 4. The summed E-state index contributed by atoms with van der Waals surface area (Å²) in [6.07, 6.45) is 1.76. The van der Waals surface area contributed by atoms with Crippen LogP contribution in [0.4, 0.5) is 13.2 Å². The highest BCUT2D eigenvalue weighted by Crippen LogP contribution is 2.61. The van der Waals surface area contributed by atoms with Gasteiger partial charge in [0.1, 0.15) is 0 Å². The SMILES string of the molecule is CC(NS(=O)(=O)c1ccc(Cl)cc1C(F)(F)F)C12CC3CC(CC(C3)C1)C2. The summed E-state index contributed by atoms with van der Waals surface area (Å²) in [5.74, 6) is 1.89. The molecular formula is C19H23ClF3NO2S. The minimum absolute atomic E-state index is 0.132. The molecule has 5 rings (SSSR count). The van der Waals surface area contributed by atoms with Crippen LogP contribution in [0.2, 0.25) is 5.02 Å². The van der Waals surface area contributed by atoms with E-state index in [2.05, 4.69) is 4.72 Å². The summed E-state index contributed by atoms with van der Waals surface area (Å²) in [4.78, 5) is -0.754.